The van der Waals surface area contributed by atoms with E-state index in [0.717, 1.165) is 5.56 Å². The molecule has 1 aliphatic heterocycles. The number of rotatable bonds is 7. The van der Waals surface area contributed by atoms with E-state index in [4.69, 9.17) is 9.47 Å². The fraction of sp³-hybridized carbons (Fsp3) is 0.333. The molecule has 1 saturated heterocycles. The fourth-order valence-electron chi connectivity index (χ4n) is 3.82. The number of benzene rings is 2. The van der Waals surface area contributed by atoms with Gasteiger partial charge < -0.3 is 24.6 Å². The molecule has 1 heterocycles. The lowest BCUT2D eigenvalue weighted by atomic mass is 9.94. The molecule has 0 saturated carbocycles. The van der Waals surface area contributed by atoms with Crippen LogP contribution in [0.4, 0.5) is 0 Å². The summed E-state index contributed by atoms with van der Waals surface area (Å²) in [7, 11) is 1.48. The number of likely N-dealkylation sites (tertiary alicyclic amines) is 1. The quantitative estimate of drug-likeness (QED) is 0.396. The van der Waals surface area contributed by atoms with Crippen molar-refractivity contribution in [3.8, 4) is 17.2 Å². The van der Waals surface area contributed by atoms with E-state index in [1.165, 1.54) is 18.1 Å². The highest BCUT2D eigenvalue weighted by molar-refractivity contribution is 6.46. The maximum atomic E-state index is 13.0. The number of ketones is 1. The van der Waals surface area contributed by atoms with E-state index in [9.17, 15) is 19.8 Å². The van der Waals surface area contributed by atoms with Gasteiger partial charge in [0, 0.05) is 6.54 Å². The molecule has 0 bridgehead atoms. The summed E-state index contributed by atoms with van der Waals surface area (Å²) < 4.78 is 10.8. The molecule has 164 valence electrons. The molecular weight excluding hydrogens is 398 g/mol. The molecule has 7 heteroatoms. The van der Waals surface area contributed by atoms with Crippen molar-refractivity contribution < 1.29 is 29.3 Å². The van der Waals surface area contributed by atoms with Crippen LogP contribution in [0.15, 0.2) is 42.0 Å². The van der Waals surface area contributed by atoms with Crippen molar-refractivity contribution in [1.82, 2.24) is 4.90 Å². The zero-order chi connectivity index (χ0) is 22.7. The van der Waals surface area contributed by atoms with Crippen LogP contribution in [0.5, 0.6) is 17.2 Å². The van der Waals surface area contributed by atoms with E-state index in [2.05, 4.69) is 0 Å². The number of carbonyl (C=O) groups excluding carboxylic acids is 2. The average Bonchev–Trinajstić information content (AvgIpc) is 3.00. The van der Waals surface area contributed by atoms with Crippen LogP contribution in [0.3, 0.4) is 0 Å². The molecule has 0 aliphatic carbocycles. The maximum Gasteiger partial charge on any atom is 0.295 e. The minimum atomic E-state index is -0.815. The van der Waals surface area contributed by atoms with E-state index < -0.39 is 17.7 Å². The summed E-state index contributed by atoms with van der Waals surface area (Å²) in [5.41, 5.74) is 1.74. The number of ether oxygens (including phenoxy) is 2. The predicted octanol–water partition coefficient (Wildman–Crippen LogP) is 3.94. The standard InChI is InChI=1S/C24H27NO6/c1-5-11-25-21(15-8-9-17(26)19(13-15)31-6-2)20(23(28)24(25)29)22(27)16-12-14(3)7-10-18(16)30-4/h7-10,12-13,21,26-27H,5-6,11H2,1-4H3/b22-20+. The molecule has 0 aromatic heterocycles. The fourth-order valence-corrected chi connectivity index (χ4v) is 3.82. The van der Waals surface area contributed by atoms with Crippen molar-refractivity contribution in [2.45, 2.75) is 33.2 Å². The number of aromatic hydroxyl groups is 1. The highest BCUT2D eigenvalue weighted by Gasteiger charge is 2.46. The largest absolute Gasteiger partial charge is 0.507 e. The smallest absolute Gasteiger partial charge is 0.295 e. The topological polar surface area (TPSA) is 96.3 Å². The molecule has 3 rings (SSSR count). The van der Waals surface area contributed by atoms with E-state index in [1.54, 1.807) is 31.2 Å². The van der Waals surface area contributed by atoms with Gasteiger partial charge in [0.1, 0.15) is 11.5 Å². The number of amides is 1. The zero-order valence-electron chi connectivity index (χ0n) is 18.1. The number of aliphatic hydroxyl groups is 1. The molecule has 2 aromatic carbocycles. The first kappa shape index (κ1) is 22.2. The Labute approximate surface area is 181 Å². The number of Topliss-reactive ketones (excluding diaryl/α,β-unsaturated/α-hetero) is 1. The van der Waals surface area contributed by atoms with Gasteiger partial charge in [-0.25, -0.2) is 0 Å². The maximum absolute atomic E-state index is 13.0. The van der Waals surface area contributed by atoms with Crippen LogP contribution in [0, 0.1) is 6.92 Å². The predicted molar refractivity (Wildman–Crippen MR) is 116 cm³/mol. The van der Waals surface area contributed by atoms with Crippen LogP contribution in [0.25, 0.3) is 5.76 Å². The van der Waals surface area contributed by atoms with Crippen molar-refractivity contribution in [3.05, 3.63) is 58.7 Å². The lowest BCUT2D eigenvalue weighted by Crippen LogP contribution is -2.30. The van der Waals surface area contributed by atoms with Crippen LogP contribution in [0.1, 0.15) is 43.0 Å². The summed E-state index contributed by atoms with van der Waals surface area (Å²) in [4.78, 5) is 27.3. The van der Waals surface area contributed by atoms with Crippen LogP contribution >= 0.6 is 0 Å². The highest BCUT2D eigenvalue weighted by Crippen LogP contribution is 2.43. The molecule has 1 fully saturated rings. The van der Waals surface area contributed by atoms with Gasteiger partial charge >= 0.3 is 0 Å². The van der Waals surface area contributed by atoms with E-state index >= 15 is 0 Å². The first-order valence-corrected chi connectivity index (χ1v) is 10.2. The Morgan fingerprint density at radius 2 is 1.84 bits per heavy atom. The van der Waals surface area contributed by atoms with Gasteiger partial charge in [0.05, 0.1) is 30.9 Å². The first-order valence-electron chi connectivity index (χ1n) is 10.2. The van der Waals surface area contributed by atoms with E-state index in [-0.39, 0.29) is 22.8 Å². The van der Waals surface area contributed by atoms with Crippen molar-refractivity contribution in [3.63, 3.8) is 0 Å². The minimum Gasteiger partial charge on any atom is -0.507 e. The molecule has 2 N–H and O–H groups in total. The molecule has 7 nitrogen and oxygen atoms in total. The average molecular weight is 425 g/mol. The van der Waals surface area contributed by atoms with Crippen molar-refractivity contribution in [2.24, 2.45) is 0 Å². The van der Waals surface area contributed by atoms with Crippen molar-refractivity contribution in [2.75, 3.05) is 20.3 Å². The Hall–Kier alpha value is -3.48. The van der Waals surface area contributed by atoms with Crippen LogP contribution < -0.4 is 9.47 Å². The number of aliphatic hydroxyl groups excluding tert-OH is 1. The summed E-state index contributed by atoms with van der Waals surface area (Å²) in [6.45, 7) is 6.23. The second-order valence-electron chi connectivity index (χ2n) is 7.36. The molecule has 31 heavy (non-hydrogen) atoms. The molecule has 0 radical (unpaired) electrons. The number of phenolic OH excluding ortho intramolecular Hbond substituents is 1. The minimum absolute atomic E-state index is 0.0181. The number of aryl methyl sites for hydroxylation is 1. The molecule has 1 amide bonds. The van der Waals surface area contributed by atoms with Crippen molar-refractivity contribution in [1.29, 1.82) is 0 Å². The summed E-state index contributed by atoms with van der Waals surface area (Å²) >= 11 is 0. The molecule has 1 unspecified atom stereocenters. The summed E-state index contributed by atoms with van der Waals surface area (Å²) in [6, 6.07) is 9.11. The van der Waals surface area contributed by atoms with Crippen LogP contribution in [0.2, 0.25) is 0 Å². The zero-order valence-corrected chi connectivity index (χ0v) is 18.1. The van der Waals surface area contributed by atoms with E-state index in [0.29, 0.717) is 36.4 Å². The van der Waals surface area contributed by atoms with Gasteiger partial charge in [0.2, 0.25) is 0 Å². The van der Waals surface area contributed by atoms with Gasteiger partial charge in [0.15, 0.2) is 11.5 Å². The number of nitrogens with zero attached hydrogens (tertiary/aromatic N) is 1. The SMILES string of the molecule is CCCN1C(=O)C(=O)/C(=C(/O)c2cc(C)ccc2OC)C1c1ccc(O)c(OCC)c1. The summed E-state index contributed by atoms with van der Waals surface area (Å²) in [5, 5.41) is 21.3. The number of carbonyl (C=O) groups is 2. The van der Waals surface area contributed by atoms with Gasteiger partial charge in [-0.15, -0.1) is 0 Å². The Balaban J connectivity index is 2.25. The third-order valence-electron chi connectivity index (χ3n) is 5.21. The molecule has 2 aromatic rings. The van der Waals surface area contributed by atoms with Gasteiger partial charge in [0.25, 0.3) is 11.7 Å². The van der Waals surface area contributed by atoms with E-state index in [1.807, 2.05) is 19.9 Å². The number of methoxy groups -OCH3 is 1. The Morgan fingerprint density at radius 3 is 2.48 bits per heavy atom. The Morgan fingerprint density at radius 1 is 1.10 bits per heavy atom. The molecule has 1 atom stereocenters. The second-order valence-corrected chi connectivity index (χ2v) is 7.36. The lowest BCUT2D eigenvalue weighted by molar-refractivity contribution is -0.139. The van der Waals surface area contributed by atoms with Crippen LogP contribution in [-0.4, -0.2) is 47.1 Å². The molecule has 0 spiro atoms. The Kier molecular flexibility index (Phi) is 6.53. The van der Waals surface area contributed by atoms with Crippen molar-refractivity contribution >= 4 is 17.4 Å². The highest BCUT2D eigenvalue weighted by atomic mass is 16.5. The number of hydrogen-bond donors (Lipinski definition) is 2. The van der Waals surface area contributed by atoms with Gasteiger partial charge in [-0.3, -0.25) is 9.59 Å². The van der Waals surface area contributed by atoms with Gasteiger partial charge in [-0.1, -0.05) is 24.6 Å². The number of hydrogen-bond acceptors (Lipinski definition) is 6. The second kappa shape index (κ2) is 9.12. The van der Waals surface area contributed by atoms with Crippen LogP contribution in [-0.2, 0) is 9.59 Å². The third-order valence-corrected chi connectivity index (χ3v) is 5.21. The third kappa shape index (κ3) is 4.08. The van der Waals surface area contributed by atoms with Gasteiger partial charge in [-0.05, 0) is 50.1 Å². The number of phenols is 1. The summed E-state index contributed by atoms with van der Waals surface area (Å²) in [5.74, 6) is -1.14. The molecular formula is C24H27NO6. The summed E-state index contributed by atoms with van der Waals surface area (Å²) in [6.07, 6.45) is 0.633. The first-order chi connectivity index (χ1) is 14.8. The monoisotopic (exact) mass is 425 g/mol. The lowest BCUT2D eigenvalue weighted by Gasteiger charge is -2.25. The Bertz CT molecular complexity index is 1040. The normalized spacial score (nSPS) is 17.8. The molecule has 1 aliphatic rings. The van der Waals surface area contributed by atoms with Gasteiger partial charge in [-0.2, -0.15) is 0 Å².